The second kappa shape index (κ2) is 8.35. The van der Waals surface area contributed by atoms with Crippen molar-refractivity contribution in [1.82, 2.24) is 0 Å². The third-order valence-corrected chi connectivity index (χ3v) is 4.78. The van der Waals surface area contributed by atoms with Gasteiger partial charge in [0.25, 0.3) is 5.91 Å². The average molecular weight is 445 g/mol. The molecule has 1 saturated heterocycles. The number of hydrogen-bond acceptors (Lipinski definition) is 5. The first-order chi connectivity index (χ1) is 13.3. The third-order valence-electron chi connectivity index (χ3n) is 4.12. The van der Waals surface area contributed by atoms with E-state index in [1.807, 2.05) is 19.1 Å². The van der Waals surface area contributed by atoms with Gasteiger partial charge in [0.1, 0.15) is 0 Å². The molecule has 2 aromatic rings. The number of halogens is 1. The molecule has 0 unspecified atom stereocenters. The Morgan fingerprint density at radius 1 is 1.11 bits per heavy atom. The highest BCUT2D eigenvalue weighted by Gasteiger charge is 2.30. The predicted molar refractivity (Wildman–Crippen MR) is 106 cm³/mol. The molecule has 0 aliphatic carbocycles. The zero-order chi connectivity index (χ0) is 20.3. The zero-order valence-corrected chi connectivity index (χ0v) is 16.6. The van der Waals surface area contributed by atoms with Gasteiger partial charge in [-0.15, -0.1) is 0 Å². The average Bonchev–Trinajstić information content (AvgIpc) is 3.00. The number of amides is 3. The van der Waals surface area contributed by atoms with Crippen molar-refractivity contribution >= 4 is 51.0 Å². The maximum absolute atomic E-state index is 12.2. The highest BCUT2D eigenvalue weighted by atomic mass is 79.9. The number of nitrogens with zero attached hydrogens (tertiary/aromatic N) is 1. The minimum atomic E-state index is -0.723. The second-order valence-corrected chi connectivity index (χ2v) is 7.14. The molecular weight excluding hydrogens is 428 g/mol. The molecule has 0 radical (unpaired) electrons. The van der Waals surface area contributed by atoms with Crippen molar-refractivity contribution in [3.05, 3.63) is 58.1 Å². The van der Waals surface area contributed by atoms with Crippen LogP contribution in [0.1, 0.15) is 28.8 Å². The first-order valence-electron chi connectivity index (χ1n) is 8.54. The van der Waals surface area contributed by atoms with Crippen LogP contribution in [0.5, 0.6) is 0 Å². The van der Waals surface area contributed by atoms with E-state index < -0.39 is 18.5 Å². The van der Waals surface area contributed by atoms with Gasteiger partial charge in [-0.1, -0.05) is 12.1 Å². The number of benzene rings is 2. The van der Waals surface area contributed by atoms with Crippen LogP contribution >= 0.6 is 15.9 Å². The van der Waals surface area contributed by atoms with E-state index in [0.717, 1.165) is 14.9 Å². The first kappa shape index (κ1) is 19.8. The fraction of sp³-hybridized carbons (Fsp3) is 0.200. The summed E-state index contributed by atoms with van der Waals surface area (Å²) in [5.41, 5.74) is 2.06. The number of anilines is 2. The van der Waals surface area contributed by atoms with E-state index in [9.17, 15) is 19.2 Å². The lowest BCUT2D eigenvalue weighted by molar-refractivity contribution is -0.121. The van der Waals surface area contributed by atoms with Crippen molar-refractivity contribution in [3.63, 3.8) is 0 Å². The summed E-state index contributed by atoms with van der Waals surface area (Å²) in [6.45, 7) is 1.46. The van der Waals surface area contributed by atoms with Crippen LogP contribution in [-0.4, -0.2) is 30.3 Å². The molecule has 144 valence electrons. The molecule has 3 amide bonds. The summed E-state index contributed by atoms with van der Waals surface area (Å²) in [5, 5.41) is 2.65. The number of carbonyl (C=O) groups is 4. The number of aryl methyl sites for hydroxylation is 1. The summed E-state index contributed by atoms with van der Waals surface area (Å²) < 4.78 is 5.76. The summed E-state index contributed by atoms with van der Waals surface area (Å²) in [5.74, 6) is -1.82. The summed E-state index contributed by atoms with van der Waals surface area (Å²) in [6, 6.07) is 11.5. The molecular formula is C20H17BrN2O5. The Morgan fingerprint density at radius 3 is 2.50 bits per heavy atom. The number of carbonyl (C=O) groups excluding carboxylic acids is 4. The molecule has 0 aromatic heterocycles. The second-order valence-electron chi connectivity index (χ2n) is 6.28. The van der Waals surface area contributed by atoms with E-state index in [0.29, 0.717) is 11.4 Å². The number of nitrogens with one attached hydrogen (secondary N) is 1. The lowest BCUT2D eigenvalue weighted by Crippen LogP contribution is -2.28. The maximum atomic E-state index is 12.2. The number of hydrogen-bond donors (Lipinski definition) is 1. The molecule has 28 heavy (non-hydrogen) atoms. The minimum Gasteiger partial charge on any atom is -0.452 e. The van der Waals surface area contributed by atoms with Gasteiger partial charge in [0.05, 0.1) is 16.9 Å². The molecule has 0 bridgehead atoms. The predicted octanol–water partition coefficient (Wildman–Crippen LogP) is 3.21. The zero-order valence-electron chi connectivity index (χ0n) is 15.0. The molecule has 1 heterocycles. The van der Waals surface area contributed by atoms with Crippen LogP contribution in [0.2, 0.25) is 0 Å². The van der Waals surface area contributed by atoms with Crippen LogP contribution in [0.15, 0.2) is 46.9 Å². The lowest BCUT2D eigenvalue weighted by Gasteiger charge is -2.14. The quantitative estimate of drug-likeness (QED) is 0.564. The van der Waals surface area contributed by atoms with Crippen molar-refractivity contribution in [1.29, 1.82) is 0 Å². The van der Waals surface area contributed by atoms with Crippen molar-refractivity contribution in [2.45, 2.75) is 19.8 Å². The Bertz CT molecular complexity index is 957. The standard InChI is InChI=1S/C20H17BrN2O5/c1-12-5-6-16(15(21)9-12)22-17(24)11-28-20(27)13-3-2-4-14(10-13)23-18(25)7-8-19(23)26/h2-6,9-10H,7-8,11H2,1H3,(H,22,24). The Hall–Kier alpha value is -3.00. The fourth-order valence-corrected chi connectivity index (χ4v) is 3.35. The third kappa shape index (κ3) is 4.45. The molecule has 1 fully saturated rings. The normalized spacial score (nSPS) is 13.6. The van der Waals surface area contributed by atoms with E-state index >= 15 is 0 Å². The first-order valence-corrected chi connectivity index (χ1v) is 9.33. The molecule has 0 saturated carbocycles. The summed E-state index contributed by atoms with van der Waals surface area (Å²) >= 11 is 3.36. The van der Waals surface area contributed by atoms with Gasteiger partial charge in [-0.05, 0) is 58.7 Å². The van der Waals surface area contributed by atoms with Crippen molar-refractivity contribution in [2.75, 3.05) is 16.8 Å². The molecule has 0 atom stereocenters. The van der Waals surface area contributed by atoms with E-state index in [1.54, 1.807) is 18.2 Å². The fourth-order valence-electron chi connectivity index (χ4n) is 2.76. The number of imide groups is 1. The van der Waals surface area contributed by atoms with E-state index in [2.05, 4.69) is 21.2 Å². The van der Waals surface area contributed by atoms with Gasteiger partial charge in [0.2, 0.25) is 11.8 Å². The van der Waals surface area contributed by atoms with Gasteiger partial charge in [0, 0.05) is 17.3 Å². The Kier molecular flexibility index (Phi) is 5.89. The number of esters is 1. The van der Waals surface area contributed by atoms with Crippen molar-refractivity contribution < 1.29 is 23.9 Å². The summed E-state index contributed by atoms with van der Waals surface area (Å²) in [4.78, 5) is 49.0. The van der Waals surface area contributed by atoms with Crippen molar-refractivity contribution in [3.8, 4) is 0 Å². The molecule has 8 heteroatoms. The van der Waals surface area contributed by atoms with Gasteiger partial charge >= 0.3 is 5.97 Å². The van der Waals surface area contributed by atoms with Gasteiger partial charge in [0.15, 0.2) is 6.61 Å². The molecule has 2 aromatic carbocycles. The molecule has 1 aliphatic heterocycles. The van der Waals surface area contributed by atoms with Crippen LogP contribution in [0.3, 0.4) is 0 Å². The Balaban J connectivity index is 1.62. The van der Waals surface area contributed by atoms with Gasteiger partial charge in [-0.2, -0.15) is 0 Å². The maximum Gasteiger partial charge on any atom is 0.338 e. The van der Waals surface area contributed by atoms with Gasteiger partial charge < -0.3 is 10.1 Å². The highest BCUT2D eigenvalue weighted by Crippen LogP contribution is 2.24. The van der Waals surface area contributed by atoms with Crippen LogP contribution < -0.4 is 10.2 Å². The SMILES string of the molecule is Cc1ccc(NC(=O)COC(=O)c2cccc(N3C(=O)CCC3=O)c2)c(Br)c1. The van der Waals surface area contributed by atoms with Crippen LogP contribution in [0.25, 0.3) is 0 Å². The van der Waals surface area contributed by atoms with Crippen LogP contribution in [-0.2, 0) is 19.1 Å². The largest absolute Gasteiger partial charge is 0.452 e. The molecule has 7 nitrogen and oxygen atoms in total. The van der Waals surface area contributed by atoms with Crippen LogP contribution in [0.4, 0.5) is 11.4 Å². The summed E-state index contributed by atoms with van der Waals surface area (Å²) in [6.07, 6.45) is 0.310. The summed E-state index contributed by atoms with van der Waals surface area (Å²) in [7, 11) is 0. The monoisotopic (exact) mass is 444 g/mol. The molecule has 3 rings (SSSR count). The van der Waals surface area contributed by atoms with E-state index in [4.69, 9.17) is 4.74 Å². The topological polar surface area (TPSA) is 92.8 Å². The smallest absolute Gasteiger partial charge is 0.338 e. The minimum absolute atomic E-state index is 0.148. The van der Waals surface area contributed by atoms with E-state index in [1.165, 1.54) is 12.1 Å². The number of rotatable bonds is 5. The molecule has 1 N–H and O–H groups in total. The lowest BCUT2D eigenvalue weighted by atomic mass is 10.2. The Morgan fingerprint density at radius 2 is 1.82 bits per heavy atom. The Labute approximate surface area is 169 Å². The highest BCUT2D eigenvalue weighted by molar-refractivity contribution is 9.10. The number of ether oxygens (including phenoxy) is 1. The molecule has 0 spiro atoms. The van der Waals surface area contributed by atoms with Gasteiger partial charge in [-0.3, -0.25) is 19.3 Å². The van der Waals surface area contributed by atoms with Crippen molar-refractivity contribution in [2.24, 2.45) is 0 Å². The van der Waals surface area contributed by atoms with E-state index in [-0.39, 0.29) is 30.2 Å². The van der Waals surface area contributed by atoms with Gasteiger partial charge in [-0.25, -0.2) is 4.79 Å². The van der Waals surface area contributed by atoms with Crippen LogP contribution in [0, 0.1) is 6.92 Å². The molecule has 1 aliphatic rings.